The number of benzene rings is 1. The Bertz CT molecular complexity index is 879. The fraction of sp³-hybridized carbons (Fsp3) is 0.278. The number of aliphatic imine (C=N–C) groups is 1. The van der Waals surface area contributed by atoms with Gasteiger partial charge in [0.2, 0.25) is 0 Å². The smallest absolute Gasteiger partial charge is 0.191 e. The third-order valence-electron chi connectivity index (χ3n) is 3.60. The first-order valence-electron chi connectivity index (χ1n) is 8.46. The minimum Gasteiger partial charge on any atom is -0.490 e. The van der Waals surface area contributed by atoms with Gasteiger partial charge in [-0.2, -0.15) is 0 Å². The Hall–Kier alpha value is -2.80. The van der Waals surface area contributed by atoms with Gasteiger partial charge in [-0.1, -0.05) is 29.8 Å². The molecular weight excluding hydrogens is 352 g/mol. The second kappa shape index (κ2) is 9.05. The molecule has 0 bridgehead atoms. The molecule has 7 nitrogen and oxygen atoms in total. The van der Waals surface area contributed by atoms with Crippen LogP contribution in [0.25, 0.3) is 5.65 Å². The summed E-state index contributed by atoms with van der Waals surface area (Å²) in [6, 6.07) is 13.2. The third kappa shape index (κ3) is 4.64. The summed E-state index contributed by atoms with van der Waals surface area (Å²) >= 11 is 6.07. The molecular formula is C18H21ClN6O. The molecule has 0 unspecified atom stereocenters. The van der Waals surface area contributed by atoms with Crippen molar-refractivity contribution in [2.24, 2.45) is 4.99 Å². The highest BCUT2D eigenvalue weighted by molar-refractivity contribution is 6.32. The van der Waals surface area contributed by atoms with E-state index in [2.05, 4.69) is 25.8 Å². The van der Waals surface area contributed by atoms with Crippen LogP contribution in [0.5, 0.6) is 5.75 Å². The van der Waals surface area contributed by atoms with E-state index in [1.165, 1.54) is 0 Å². The van der Waals surface area contributed by atoms with E-state index in [0.29, 0.717) is 36.4 Å². The predicted octanol–water partition coefficient (Wildman–Crippen LogP) is 2.52. The number of para-hydroxylation sites is 1. The summed E-state index contributed by atoms with van der Waals surface area (Å²) in [5, 5.41) is 15.4. The van der Waals surface area contributed by atoms with Gasteiger partial charge in [-0.25, -0.2) is 4.99 Å². The van der Waals surface area contributed by atoms with Crippen LogP contribution >= 0.6 is 11.6 Å². The highest BCUT2D eigenvalue weighted by atomic mass is 35.5. The summed E-state index contributed by atoms with van der Waals surface area (Å²) < 4.78 is 7.59. The molecule has 0 atom stereocenters. The monoisotopic (exact) mass is 372 g/mol. The summed E-state index contributed by atoms with van der Waals surface area (Å²) in [4.78, 5) is 4.56. The number of nitrogens with one attached hydrogen (secondary N) is 2. The summed E-state index contributed by atoms with van der Waals surface area (Å²) in [5.74, 6) is 2.15. The Labute approximate surface area is 157 Å². The molecule has 1 aromatic carbocycles. The molecule has 2 aromatic heterocycles. The van der Waals surface area contributed by atoms with Crippen LogP contribution in [0.1, 0.15) is 12.7 Å². The van der Waals surface area contributed by atoms with E-state index < -0.39 is 0 Å². The van der Waals surface area contributed by atoms with Gasteiger partial charge in [-0.3, -0.25) is 4.40 Å². The number of pyridine rings is 1. The van der Waals surface area contributed by atoms with Gasteiger partial charge in [0.15, 0.2) is 17.4 Å². The molecule has 0 radical (unpaired) electrons. The van der Waals surface area contributed by atoms with Crippen molar-refractivity contribution < 1.29 is 4.74 Å². The fourth-order valence-electron chi connectivity index (χ4n) is 2.38. The van der Waals surface area contributed by atoms with E-state index in [0.717, 1.165) is 18.0 Å². The van der Waals surface area contributed by atoms with Gasteiger partial charge in [0.25, 0.3) is 0 Å². The molecule has 3 aromatic rings. The molecule has 136 valence electrons. The lowest BCUT2D eigenvalue weighted by atomic mass is 10.3. The van der Waals surface area contributed by atoms with Crippen molar-refractivity contribution in [3.8, 4) is 5.75 Å². The minimum atomic E-state index is 0.423. The first kappa shape index (κ1) is 18.0. The highest BCUT2D eigenvalue weighted by Crippen LogP contribution is 2.22. The van der Waals surface area contributed by atoms with E-state index >= 15 is 0 Å². The highest BCUT2D eigenvalue weighted by Gasteiger charge is 2.05. The Morgan fingerprint density at radius 1 is 1.15 bits per heavy atom. The van der Waals surface area contributed by atoms with Crippen LogP contribution in [0.2, 0.25) is 5.02 Å². The second-order valence-corrected chi connectivity index (χ2v) is 5.85. The van der Waals surface area contributed by atoms with Crippen LogP contribution in [-0.2, 0) is 6.54 Å². The van der Waals surface area contributed by atoms with Crippen LogP contribution in [0.4, 0.5) is 0 Å². The van der Waals surface area contributed by atoms with Crippen molar-refractivity contribution >= 4 is 23.2 Å². The molecule has 0 aliphatic heterocycles. The fourth-order valence-corrected chi connectivity index (χ4v) is 2.57. The Kier molecular flexibility index (Phi) is 6.27. The normalized spacial score (nSPS) is 11.5. The molecule has 0 fully saturated rings. The number of hydrogen-bond acceptors (Lipinski definition) is 4. The molecule has 0 saturated carbocycles. The van der Waals surface area contributed by atoms with Gasteiger partial charge in [-0.15, -0.1) is 10.2 Å². The maximum atomic E-state index is 6.07. The van der Waals surface area contributed by atoms with Gasteiger partial charge < -0.3 is 15.4 Å². The number of fused-ring (bicyclic) bond motifs is 1. The lowest BCUT2D eigenvalue weighted by molar-refractivity contribution is 0.322. The summed E-state index contributed by atoms with van der Waals surface area (Å²) in [6.07, 6.45) is 1.93. The van der Waals surface area contributed by atoms with Gasteiger partial charge in [0, 0.05) is 12.7 Å². The van der Waals surface area contributed by atoms with Crippen molar-refractivity contribution in [2.75, 3.05) is 19.7 Å². The Balaban J connectivity index is 1.55. The zero-order chi connectivity index (χ0) is 18.2. The van der Waals surface area contributed by atoms with Gasteiger partial charge in [0.05, 0.1) is 11.6 Å². The number of rotatable bonds is 7. The number of hydrogen-bond donors (Lipinski definition) is 2. The van der Waals surface area contributed by atoms with Gasteiger partial charge in [0.1, 0.15) is 18.9 Å². The average molecular weight is 373 g/mol. The van der Waals surface area contributed by atoms with E-state index in [9.17, 15) is 0 Å². The van der Waals surface area contributed by atoms with E-state index in [1.807, 2.05) is 53.9 Å². The number of nitrogens with zero attached hydrogens (tertiary/aromatic N) is 4. The number of guanidine groups is 1. The van der Waals surface area contributed by atoms with Crippen LogP contribution in [0.15, 0.2) is 53.7 Å². The quantitative estimate of drug-likeness (QED) is 0.378. The largest absolute Gasteiger partial charge is 0.490 e. The standard InChI is InChI=1S/C18H21ClN6O/c1-2-20-18(21-10-12-26-15-8-4-3-7-14(15)19)22-13-17-24-23-16-9-5-6-11-25(16)17/h3-9,11H,2,10,12-13H2,1H3,(H2,20,21,22). The van der Waals surface area contributed by atoms with Crippen molar-refractivity contribution in [1.29, 1.82) is 0 Å². The van der Waals surface area contributed by atoms with Crippen molar-refractivity contribution in [1.82, 2.24) is 25.2 Å². The summed E-state index contributed by atoms with van der Waals surface area (Å²) in [7, 11) is 0. The molecule has 0 spiro atoms. The number of aromatic nitrogens is 3. The van der Waals surface area contributed by atoms with E-state index in [-0.39, 0.29) is 0 Å². The zero-order valence-electron chi connectivity index (χ0n) is 14.5. The summed E-state index contributed by atoms with van der Waals surface area (Å²) in [6.45, 7) is 4.27. The van der Waals surface area contributed by atoms with Gasteiger partial charge in [-0.05, 0) is 31.2 Å². The van der Waals surface area contributed by atoms with Crippen LogP contribution in [-0.4, -0.2) is 40.3 Å². The molecule has 2 heterocycles. The van der Waals surface area contributed by atoms with Crippen LogP contribution in [0, 0.1) is 0 Å². The third-order valence-corrected chi connectivity index (χ3v) is 3.91. The molecule has 3 rings (SSSR count). The van der Waals surface area contributed by atoms with Crippen LogP contribution in [0.3, 0.4) is 0 Å². The Morgan fingerprint density at radius 2 is 2.00 bits per heavy atom. The minimum absolute atomic E-state index is 0.423. The lowest BCUT2D eigenvalue weighted by Crippen LogP contribution is -2.39. The first-order valence-corrected chi connectivity index (χ1v) is 8.84. The molecule has 26 heavy (non-hydrogen) atoms. The first-order chi connectivity index (χ1) is 12.8. The molecule has 0 saturated heterocycles. The maximum absolute atomic E-state index is 6.07. The molecule has 0 aliphatic rings. The molecule has 2 N–H and O–H groups in total. The van der Waals surface area contributed by atoms with Crippen molar-refractivity contribution in [3.63, 3.8) is 0 Å². The number of ether oxygens (including phenoxy) is 1. The number of halogens is 1. The van der Waals surface area contributed by atoms with E-state index in [1.54, 1.807) is 6.07 Å². The van der Waals surface area contributed by atoms with Crippen molar-refractivity contribution in [2.45, 2.75) is 13.5 Å². The van der Waals surface area contributed by atoms with E-state index in [4.69, 9.17) is 16.3 Å². The molecule has 0 amide bonds. The zero-order valence-corrected chi connectivity index (χ0v) is 15.3. The van der Waals surface area contributed by atoms with Crippen molar-refractivity contribution in [3.05, 3.63) is 59.5 Å². The molecule has 0 aliphatic carbocycles. The lowest BCUT2D eigenvalue weighted by Gasteiger charge is -2.12. The Morgan fingerprint density at radius 3 is 2.85 bits per heavy atom. The maximum Gasteiger partial charge on any atom is 0.191 e. The topological polar surface area (TPSA) is 75.8 Å². The van der Waals surface area contributed by atoms with Gasteiger partial charge >= 0.3 is 0 Å². The summed E-state index contributed by atoms with van der Waals surface area (Å²) in [5.41, 5.74) is 0.809. The predicted molar refractivity (Wildman–Crippen MR) is 103 cm³/mol. The second-order valence-electron chi connectivity index (χ2n) is 5.45. The average Bonchev–Trinajstić information content (AvgIpc) is 3.07. The molecule has 8 heteroatoms. The SMILES string of the molecule is CCNC(=NCc1nnc2ccccn12)NCCOc1ccccc1Cl. The van der Waals surface area contributed by atoms with Crippen LogP contribution < -0.4 is 15.4 Å².